The highest BCUT2D eigenvalue weighted by atomic mass is 19.4. The van der Waals surface area contributed by atoms with Crippen molar-refractivity contribution in [2.24, 2.45) is 0 Å². The number of nitrogens with zero attached hydrogens (tertiary/aromatic N) is 5. The summed E-state index contributed by atoms with van der Waals surface area (Å²) in [5, 5.41) is 6.64. The lowest BCUT2D eigenvalue weighted by molar-refractivity contribution is -0.137. The summed E-state index contributed by atoms with van der Waals surface area (Å²) in [5.74, 6) is -1.13. The third kappa shape index (κ3) is 8.95. The van der Waals surface area contributed by atoms with E-state index in [0.29, 0.717) is 64.3 Å². The first-order valence-electron chi connectivity index (χ1n) is 17.6. The number of fused-ring (bicyclic) bond motifs is 1. The molecule has 3 aromatic carbocycles. The van der Waals surface area contributed by atoms with E-state index in [0.717, 1.165) is 50.3 Å². The third-order valence-electron chi connectivity index (χ3n) is 8.82. The molecule has 290 valence electrons. The summed E-state index contributed by atoms with van der Waals surface area (Å²) in [6.45, 7) is 6.02. The zero-order valence-electron chi connectivity index (χ0n) is 30.0. The maximum absolute atomic E-state index is 15.5. The SMILES string of the molecule is CCCCn1c(=O)c(C(=O)Nc2ccc(Oc3ccnc4cc(OC)c(OCCCN5CCOCC5)cc34)c(F)c2)nn(-c2ccccc2C(F)(F)F)c1=O. The maximum atomic E-state index is 15.5. The van der Waals surface area contributed by atoms with Gasteiger partial charge in [-0.15, -0.1) is 0 Å². The minimum atomic E-state index is -4.87. The lowest BCUT2D eigenvalue weighted by Gasteiger charge is -2.26. The standard InChI is InChI=1S/C38H38F4N6O7/c1-3-4-15-47-36(50)34(45-48(37(47)51)29-9-6-5-8-26(29)38(40,41)42)35(49)44-24-10-11-31(27(39)21-24)55-30-12-13-43-28-23-32(52-2)33(22-25(28)30)54-18-7-14-46-16-19-53-20-17-46/h5-6,8-13,21-23H,3-4,7,14-20H2,1-2H3,(H,44,49). The van der Waals surface area contributed by atoms with E-state index in [1.54, 1.807) is 25.1 Å². The van der Waals surface area contributed by atoms with Gasteiger partial charge in [0.05, 0.1) is 43.7 Å². The van der Waals surface area contributed by atoms with Crippen LogP contribution in [0.1, 0.15) is 42.2 Å². The van der Waals surface area contributed by atoms with E-state index < -0.39 is 46.1 Å². The number of unbranched alkanes of at least 4 members (excludes halogenated alkanes) is 1. The molecule has 1 N–H and O–H groups in total. The molecule has 5 aromatic rings. The highest BCUT2D eigenvalue weighted by Crippen LogP contribution is 2.38. The van der Waals surface area contributed by atoms with Gasteiger partial charge in [0.2, 0.25) is 5.69 Å². The molecule has 0 radical (unpaired) electrons. The normalized spacial score (nSPS) is 13.5. The van der Waals surface area contributed by atoms with Crippen molar-refractivity contribution in [3.63, 3.8) is 0 Å². The Kier molecular flexibility index (Phi) is 12.1. The van der Waals surface area contributed by atoms with E-state index in [2.05, 4.69) is 20.3 Å². The summed E-state index contributed by atoms with van der Waals surface area (Å²) in [6.07, 6.45) is -1.76. The van der Waals surface area contributed by atoms with Crippen LogP contribution in [0.15, 0.2) is 76.4 Å². The van der Waals surface area contributed by atoms with E-state index in [1.165, 1.54) is 31.5 Å². The number of alkyl halides is 3. The lowest BCUT2D eigenvalue weighted by Crippen LogP contribution is -2.45. The van der Waals surface area contributed by atoms with Gasteiger partial charge >= 0.3 is 11.9 Å². The number of aromatic nitrogens is 4. The van der Waals surface area contributed by atoms with Gasteiger partial charge in [-0.2, -0.15) is 23.0 Å². The van der Waals surface area contributed by atoms with Crippen LogP contribution in [0.5, 0.6) is 23.0 Å². The van der Waals surface area contributed by atoms with Crippen molar-refractivity contribution in [2.45, 2.75) is 38.9 Å². The molecule has 1 fully saturated rings. The van der Waals surface area contributed by atoms with Gasteiger partial charge < -0.3 is 24.3 Å². The predicted octanol–water partition coefficient (Wildman–Crippen LogP) is 6.05. The summed E-state index contributed by atoms with van der Waals surface area (Å²) in [4.78, 5) is 46.7. The molecule has 0 unspecified atom stereocenters. The van der Waals surface area contributed by atoms with Crippen LogP contribution >= 0.6 is 0 Å². The van der Waals surface area contributed by atoms with Crippen molar-refractivity contribution < 1.29 is 41.3 Å². The van der Waals surface area contributed by atoms with Crippen LogP contribution in [0.25, 0.3) is 16.6 Å². The van der Waals surface area contributed by atoms with Crippen molar-refractivity contribution in [3.05, 3.63) is 105 Å². The highest BCUT2D eigenvalue weighted by molar-refractivity contribution is 6.02. The molecule has 0 spiro atoms. The van der Waals surface area contributed by atoms with Crippen LogP contribution in [-0.2, 0) is 17.5 Å². The Bertz CT molecular complexity index is 2290. The number of amides is 1. The Morgan fingerprint density at radius 3 is 2.45 bits per heavy atom. The van der Waals surface area contributed by atoms with E-state index >= 15 is 4.39 Å². The molecule has 55 heavy (non-hydrogen) atoms. The molecule has 1 aliphatic heterocycles. The third-order valence-corrected chi connectivity index (χ3v) is 8.82. The lowest BCUT2D eigenvalue weighted by atomic mass is 10.1. The van der Waals surface area contributed by atoms with Crippen LogP contribution in [0.2, 0.25) is 0 Å². The number of methoxy groups -OCH3 is 1. The Balaban J connectivity index is 1.23. The minimum Gasteiger partial charge on any atom is -0.493 e. The Morgan fingerprint density at radius 1 is 0.945 bits per heavy atom. The van der Waals surface area contributed by atoms with Crippen molar-refractivity contribution in [3.8, 4) is 28.7 Å². The number of para-hydroxylation sites is 1. The number of anilines is 1. The number of hydrogen-bond donors (Lipinski definition) is 1. The Morgan fingerprint density at radius 2 is 1.73 bits per heavy atom. The minimum absolute atomic E-state index is 0.123. The fraction of sp³-hybridized carbons (Fsp3) is 0.342. The van der Waals surface area contributed by atoms with Crippen LogP contribution < -0.4 is 30.8 Å². The first-order chi connectivity index (χ1) is 26.5. The number of pyridine rings is 1. The van der Waals surface area contributed by atoms with Gasteiger partial charge in [-0.1, -0.05) is 25.5 Å². The van der Waals surface area contributed by atoms with Gasteiger partial charge in [-0.3, -0.25) is 24.0 Å². The van der Waals surface area contributed by atoms with Crippen molar-refractivity contribution in [1.82, 2.24) is 24.2 Å². The molecule has 1 saturated heterocycles. The van der Waals surface area contributed by atoms with Gasteiger partial charge in [0.1, 0.15) is 5.75 Å². The summed E-state index contributed by atoms with van der Waals surface area (Å²) in [6, 6.07) is 12.6. The quantitative estimate of drug-likeness (QED) is 0.105. The molecule has 6 rings (SSSR count). The number of carbonyl (C=O) groups excluding carboxylic acids is 1. The van der Waals surface area contributed by atoms with Gasteiger partial charge in [0.25, 0.3) is 11.5 Å². The fourth-order valence-electron chi connectivity index (χ4n) is 5.98. The van der Waals surface area contributed by atoms with E-state index in [-0.39, 0.29) is 23.7 Å². The van der Waals surface area contributed by atoms with Gasteiger partial charge in [-0.25, -0.2) is 9.18 Å². The summed E-state index contributed by atoms with van der Waals surface area (Å²) in [7, 11) is 1.51. The number of ether oxygens (including phenoxy) is 4. The van der Waals surface area contributed by atoms with Crippen LogP contribution in [-0.4, -0.2) is 76.7 Å². The van der Waals surface area contributed by atoms with Crippen molar-refractivity contribution >= 4 is 22.5 Å². The molecule has 17 heteroatoms. The number of nitrogens with one attached hydrogen (secondary N) is 1. The molecule has 13 nitrogen and oxygen atoms in total. The highest BCUT2D eigenvalue weighted by Gasteiger charge is 2.35. The molecule has 1 aliphatic rings. The number of benzene rings is 3. The van der Waals surface area contributed by atoms with Crippen molar-refractivity contribution in [2.75, 3.05) is 51.9 Å². The van der Waals surface area contributed by atoms with Crippen LogP contribution in [0, 0.1) is 5.82 Å². The zero-order valence-corrected chi connectivity index (χ0v) is 30.0. The largest absolute Gasteiger partial charge is 0.493 e. The number of rotatable bonds is 14. The zero-order chi connectivity index (χ0) is 39.1. The number of hydrogen-bond acceptors (Lipinski definition) is 10. The predicted molar refractivity (Wildman–Crippen MR) is 194 cm³/mol. The molecule has 3 heterocycles. The molecule has 0 saturated carbocycles. The molecular formula is C38H38F4N6O7. The molecule has 2 aromatic heterocycles. The molecular weight excluding hydrogens is 728 g/mol. The second-order valence-electron chi connectivity index (χ2n) is 12.6. The van der Waals surface area contributed by atoms with E-state index in [1.807, 2.05) is 0 Å². The first-order valence-corrected chi connectivity index (χ1v) is 17.6. The van der Waals surface area contributed by atoms with Crippen molar-refractivity contribution in [1.29, 1.82) is 0 Å². The second kappa shape index (κ2) is 17.1. The number of carbonyl (C=O) groups is 1. The monoisotopic (exact) mass is 766 g/mol. The van der Waals surface area contributed by atoms with Crippen LogP contribution in [0.4, 0.5) is 23.2 Å². The summed E-state index contributed by atoms with van der Waals surface area (Å²) >= 11 is 0. The summed E-state index contributed by atoms with van der Waals surface area (Å²) < 4.78 is 81.2. The number of morpholine rings is 1. The Labute approximate surface area is 312 Å². The Hall–Kier alpha value is -5.81. The molecule has 0 bridgehead atoms. The molecule has 1 amide bonds. The van der Waals surface area contributed by atoms with Gasteiger partial charge in [-0.05, 0) is 49.2 Å². The van der Waals surface area contributed by atoms with Gasteiger partial charge in [0, 0.05) is 55.6 Å². The molecule has 0 aliphatic carbocycles. The fourth-order valence-corrected chi connectivity index (χ4v) is 5.98. The molecule has 0 atom stereocenters. The topological polar surface area (TPSA) is 139 Å². The number of halogens is 4. The average Bonchev–Trinajstić information content (AvgIpc) is 3.17. The van der Waals surface area contributed by atoms with E-state index in [9.17, 15) is 27.6 Å². The first kappa shape index (κ1) is 38.9. The van der Waals surface area contributed by atoms with Crippen LogP contribution in [0.3, 0.4) is 0 Å². The summed E-state index contributed by atoms with van der Waals surface area (Å²) in [5.41, 5.74) is -4.62. The maximum Gasteiger partial charge on any atom is 0.418 e. The average molecular weight is 767 g/mol. The second-order valence-corrected chi connectivity index (χ2v) is 12.6. The smallest absolute Gasteiger partial charge is 0.418 e. The van der Waals surface area contributed by atoms with E-state index in [4.69, 9.17) is 18.9 Å². The van der Waals surface area contributed by atoms with Gasteiger partial charge in [0.15, 0.2) is 23.1 Å².